The normalized spacial score (nSPS) is 29.7. The van der Waals surface area contributed by atoms with E-state index in [1.807, 2.05) is 20.8 Å². The number of hydrogen-bond acceptors (Lipinski definition) is 4. The summed E-state index contributed by atoms with van der Waals surface area (Å²) in [4.78, 5) is 23.3. The van der Waals surface area contributed by atoms with E-state index in [1.54, 1.807) is 0 Å². The molecule has 1 saturated carbocycles. The molecule has 1 aliphatic heterocycles. The number of carbonyl (C=O) groups excluding carboxylic acids is 2. The lowest BCUT2D eigenvalue weighted by Gasteiger charge is -2.38. The van der Waals surface area contributed by atoms with Gasteiger partial charge in [-0.05, 0) is 39.5 Å². The van der Waals surface area contributed by atoms with Crippen LogP contribution in [0.25, 0.3) is 0 Å². The lowest BCUT2D eigenvalue weighted by molar-refractivity contribution is -0.208. The second-order valence-electron chi connectivity index (χ2n) is 5.96. The molecule has 0 aromatic carbocycles. The Morgan fingerprint density at radius 3 is 2.35 bits per heavy atom. The third-order valence-corrected chi connectivity index (χ3v) is 3.39. The average Bonchev–Trinajstić information content (AvgIpc) is 2.63. The lowest BCUT2D eigenvalue weighted by Crippen LogP contribution is -2.54. The highest BCUT2D eigenvalue weighted by molar-refractivity contribution is 5.91. The van der Waals surface area contributed by atoms with E-state index in [4.69, 9.17) is 9.47 Å². The second-order valence-corrected chi connectivity index (χ2v) is 5.96. The second kappa shape index (κ2) is 4.31. The highest BCUT2D eigenvalue weighted by Gasteiger charge is 2.53. The molecule has 0 bridgehead atoms. The van der Waals surface area contributed by atoms with Crippen molar-refractivity contribution in [3.05, 3.63) is 0 Å². The van der Waals surface area contributed by atoms with Gasteiger partial charge in [-0.15, -0.1) is 0 Å². The van der Waals surface area contributed by atoms with Gasteiger partial charge < -0.3 is 9.47 Å². The lowest BCUT2D eigenvalue weighted by atomic mass is 9.82. The zero-order chi connectivity index (χ0) is 12.6. The molecule has 0 radical (unpaired) electrons. The summed E-state index contributed by atoms with van der Waals surface area (Å²) < 4.78 is 10.2. The first-order chi connectivity index (χ1) is 7.88. The average molecular weight is 240 g/mol. The summed E-state index contributed by atoms with van der Waals surface area (Å²) in [7, 11) is 0. The summed E-state index contributed by atoms with van der Waals surface area (Å²) in [5.41, 5.74) is -0.528. The Morgan fingerprint density at radius 1 is 1.29 bits per heavy atom. The van der Waals surface area contributed by atoms with Crippen molar-refractivity contribution in [2.24, 2.45) is 11.8 Å². The van der Waals surface area contributed by atoms with Crippen LogP contribution in [-0.2, 0) is 19.1 Å². The van der Waals surface area contributed by atoms with Crippen LogP contribution in [0.15, 0.2) is 0 Å². The number of cyclic esters (lactones) is 1. The predicted molar refractivity (Wildman–Crippen MR) is 61.2 cm³/mol. The molecular formula is C13H20O4. The molecule has 0 N–H and O–H groups in total. The molecule has 0 aromatic rings. The SMILES string of the molecule is CC(C)(C)OC(=O)[C@@H]1OC(=O)[C@H]1C1CCCC1. The number of rotatable bonds is 2. The summed E-state index contributed by atoms with van der Waals surface area (Å²) in [6, 6.07) is 0. The van der Waals surface area contributed by atoms with E-state index in [0.29, 0.717) is 5.92 Å². The molecule has 2 aliphatic rings. The van der Waals surface area contributed by atoms with E-state index in [2.05, 4.69) is 0 Å². The maximum Gasteiger partial charge on any atom is 0.348 e. The fourth-order valence-electron chi connectivity index (χ4n) is 2.64. The van der Waals surface area contributed by atoms with E-state index < -0.39 is 17.7 Å². The van der Waals surface area contributed by atoms with Crippen LogP contribution in [0.1, 0.15) is 46.5 Å². The Bertz CT molecular complexity index is 323. The largest absolute Gasteiger partial charge is 0.457 e. The zero-order valence-electron chi connectivity index (χ0n) is 10.7. The first-order valence-electron chi connectivity index (χ1n) is 6.32. The van der Waals surface area contributed by atoms with Crippen LogP contribution >= 0.6 is 0 Å². The Kier molecular flexibility index (Phi) is 3.15. The van der Waals surface area contributed by atoms with E-state index in [9.17, 15) is 9.59 Å². The van der Waals surface area contributed by atoms with Crippen molar-refractivity contribution in [1.82, 2.24) is 0 Å². The number of esters is 2. The van der Waals surface area contributed by atoms with Gasteiger partial charge in [0, 0.05) is 0 Å². The van der Waals surface area contributed by atoms with Gasteiger partial charge >= 0.3 is 11.9 Å². The van der Waals surface area contributed by atoms with Crippen molar-refractivity contribution in [3.63, 3.8) is 0 Å². The predicted octanol–water partition coefficient (Wildman–Crippen LogP) is 2.06. The van der Waals surface area contributed by atoms with E-state index >= 15 is 0 Å². The third kappa shape index (κ3) is 2.61. The molecule has 4 nitrogen and oxygen atoms in total. The van der Waals surface area contributed by atoms with Gasteiger partial charge in [-0.25, -0.2) is 4.79 Å². The first-order valence-corrected chi connectivity index (χ1v) is 6.32. The van der Waals surface area contributed by atoms with Gasteiger partial charge in [0.15, 0.2) is 0 Å². The molecule has 17 heavy (non-hydrogen) atoms. The summed E-state index contributed by atoms with van der Waals surface area (Å²) in [6.45, 7) is 5.45. The van der Waals surface area contributed by atoms with Crippen LogP contribution in [0.4, 0.5) is 0 Å². The molecule has 4 heteroatoms. The molecule has 1 saturated heterocycles. The maximum atomic E-state index is 11.9. The van der Waals surface area contributed by atoms with Crippen molar-refractivity contribution in [2.45, 2.75) is 58.2 Å². The molecule has 0 aromatic heterocycles. The Labute approximate surface area is 102 Å². The van der Waals surface area contributed by atoms with Crippen LogP contribution in [-0.4, -0.2) is 23.6 Å². The molecule has 2 atom stereocenters. The van der Waals surface area contributed by atoms with E-state index in [0.717, 1.165) is 25.7 Å². The van der Waals surface area contributed by atoms with Crippen LogP contribution in [0, 0.1) is 11.8 Å². The molecule has 96 valence electrons. The van der Waals surface area contributed by atoms with Gasteiger partial charge in [0.25, 0.3) is 0 Å². The van der Waals surface area contributed by atoms with Crippen molar-refractivity contribution in [1.29, 1.82) is 0 Å². The van der Waals surface area contributed by atoms with Gasteiger partial charge in [0.1, 0.15) is 11.5 Å². The number of ether oxygens (including phenoxy) is 2. The number of carbonyl (C=O) groups is 2. The molecule has 0 spiro atoms. The van der Waals surface area contributed by atoms with Gasteiger partial charge in [-0.2, -0.15) is 0 Å². The third-order valence-electron chi connectivity index (χ3n) is 3.39. The standard InChI is InChI=1S/C13H20O4/c1-13(2,3)17-12(15)10-9(11(14)16-10)8-6-4-5-7-8/h8-10H,4-7H2,1-3H3/t9-,10+/m0/s1. The maximum absolute atomic E-state index is 11.9. The molecule has 1 heterocycles. The van der Waals surface area contributed by atoms with Crippen LogP contribution in [0.5, 0.6) is 0 Å². The molecule has 0 amide bonds. The van der Waals surface area contributed by atoms with Crippen molar-refractivity contribution < 1.29 is 19.1 Å². The fraction of sp³-hybridized carbons (Fsp3) is 0.846. The Hall–Kier alpha value is -1.06. The fourth-order valence-corrected chi connectivity index (χ4v) is 2.64. The van der Waals surface area contributed by atoms with E-state index in [-0.39, 0.29) is 11.9 Å². The minimum Gasteiger partial charge on any atom is -0.457 e. The van der Waals surface area contributed by atoms with Crippen molar-refractivity contribution in [2.75, 3.05) is 0 Å². The van der Waals surface area contributed by atoms with Gasteiger partial charge in [0.05, 0.1) is 0 Å². The monoisotopic (exact) mass is 240 g/mol. The van der Waals surface area contributed by atoms with Crippen LogP contribution < -0.4 is 0 Å². The molecule has 0 unspecified atom stereocenters. The van der Waals surface area contributed by atoms with Crippen LogP contribution in [0.3, 0.4) is 0 Å². The number of hydrogen-bond donors (Lipinski definition) is 0. The zero-order valence-corrected chi connectivity index (χ0v) is 10.7. The first kappa shape index (κ1) is 12.4. The van der Waals surface area contributed by atoms with Gasteiger partial charge in [-0.1, -0.05) is 12.8 Å². The summed E-state index contributed by atoms with van der Waals surface area (Å²) >= 11 is 0. The van der Waals surface area contributed by atoms with Crippen molar-refractivity contribution in [3.8, 4) is 0 Å². The minimum atomic E-state index is -0.662. The quantitative estimate of drug-likeness (QED) is 0.693. The van der Waals surface area contributed by atoms with Crippen LogP contribution in [0.2, 0.25) is 0 Å². The molecule has 2 fully saturated rings. The van der Waals surface area contributed by atoms with Gasteiger partial charge in [0.2, 0.25) is 6.10 Å². The topological polar surface area (TPSA) is 52.6 Å². The van der Waals surface area contributed by atoms with Gasteiger partial charge in [-0.3, -0.25) is 4.79 Å². The minimum absolute atomic E-state index is 0.229. The Balaban J connectivity index is 1.97. The Morgan fingerprint density at radius 2 is 1.88 bits per heavy atom. The molecular weight excluding hydrogens is 220 g/mol. The smallest absolute Gasteiger partial charge is 0.348 e. The van der Waals surface area contributed by atoms with Crippen molar-refractivity contribution >= 4 is 11.9 Å². The summed E-state index contributed by atoms with van der Waals surface area (Å²) in [5, 5.41) is 0. The molecule has 1 aliphatic carbocycles. The summed E-state index contributed by atoms with van der Waals surface area (Å²) in [6.07, 6.45) is 3.69. The molecule has 2 rings (SSSR count). The highest BCUT2D eigenvalue weighted by Crippen LogP contribution is 2.40. The van der Waals surface area contributed by atoms with E-state index in [1.165, 1.54) is 0 Å². The summed E-state index contributed by atoms with van der Waals surface area (Å²) in [5.74, 6) is -0.567. The highest BCUT2D eigenvalue weighted by atomic mass is 16.6.